The van der Waals surface area contributed by atoms with Crippen LogP contribution in [0.2, 0.25) is 0 Å². The third kappa shape index (κ3) is 10.9. The number of thiocarbonyl (C=S) groups is 2. The zero-order valence-corrected chi connectivity index (χ0v) is 45.7. The predicted octanol–water partition coefficient (Wildman–Crippen LogP) is 8.14. The van der Waals surface area contributed by atoms with Gasteiger partial charge in [0.1, 0.15) is 11.6 Å². The van der Waals surface area contributed by atoms with Crippen LogP contribution in [0.4, 0.5) is 8.78 Å². The third-order valence-corrected chi connectivity index (χ3v) is 16.5. The number of ether oxygens (including phenoxy) is 4. The summed E-state index contributed by atoms with van der Waals surface area (Å²) in [4.78, 5) is 49.0. The number of aliphatic imine (C=N–C) groups is 1. The molecule has 3 spiro atoms. The van der Waals surface area contributed by atoms with Crippen molar-refractivity contribution in [2.45, 2.75) is 122 Å². The number of nitrogens with two attached hydrogens (primary N) is 1. The molecule has 16 nitrogen and oxygen atoms in total. The molecule has 4 aromatic rings. The van der Waals surface area contributed by atoms with E-state index in [4.69, 9.17) is 49.1 Å². The van der Waals surface area contributed by atoms with E-state index in [1.165, 1.54) is 17.7 Å². The summed E-state index contributed by atoms with van der Waals surface area (Å²) in [6.07, 6.45) is 11.6. The number of nitriles is 2. The van der Waals surface area contributed by atoms with Crippen LogP contribution in [-0.4, -0.2) is 93.2 Å². The molecule has 4 aliphatic carbocycles. The van der Waals surface area contributed by atoms with E-state index >= 15 is 0 Å². The number of isothiocyanates is 1. The Balaban J connectivity index is 0.000000178. The number of aromatic nitrogens is 4. The number of amides is 1. The van der Waals surface area contributed by atoms with Gasteiger partial charge in [-0.1, -0.05) is 39.8 Å². The van der Waals surface area contributed by atoms with Crippen LogP contribution >= 0.6 is 24.4 Å². The first-order valence-corrected chi connectivity index (χ1v) is 26.5. The molecule has 2 saturated heterocycles. The van der Waals surface area contributed by atoms with Gasteiger partial charge in [0, 0.05) is 38.3 Å². The van der Waals surface area contributed by atoms with Crippen molar-refractivity contribution in [1.29, 1.82) is 10.5 Å². The monoisotopic (exact) mass is 1080 g/mol. The molecule has 20 heteroatoms. The summed E-state index contributed by atoms with van der Waals surface area (Å²) in [6.45, 7) is 13.0. The van der Waals surface area contributed by atoms with Crippen molar-refractivity contribution >= 4 is 46.6 Å². The number of nitrogens with one attached hydrogen (secondary N) is 1. The number of hydrogen-bond acceptors (Lipinski definition) is 16. The maximum atomic E-state index is 14.3. The first kappa shape index (κ1) is 57.6. The molecule has 76 heavy (non-hydrogen) atoms. The summed E-state index contributed by atoms with van der Waals surface area (Å²) in [5.74, 6) is 0.147. The van der Waals surface area contributed by atoms with E-state index in [0.29, 0.717) is 40.7 Å². The van der Waals surface area contributed by atoms with Crippen LogP contribution in [0.25, 0.3) is 0 Å². The zero-order chi connectivity index (χ0) is 55.0. The predicted molar refractivity (Wildman–Crippen MR) is 285 cm³/mol. The fourth-order valence-electron chi connectivity index (χ4n) is 13.5. The maximum absolute atomic E-state index is 14.3. The number of halogens is 2. The van der Waals surface area contributed by atoms with E-state index < -0.39 is 39.5 Å². The number of nitrogens with zero attached hydrogens (tertiary/aromatic N) is 8. The minimum absolute atomic E-state index is 0.0435. The largest absolute Gasteiger partial charge is 0.464 e. The molecule has 10 atom stereocenters. The van der Waals surface area contributed by atoms with Gasteiger partial charge in [0.2, 0.25) is 0 Å². The number of carbonyl (C=O) groups is 2. The van der Waals surface area contributed by atoms with E-state index in [-0.39, 0.29) is 61.5 Å². The van der Waals surface area contributed by atoms with Crippen molar-refractivity contribution in [1.82, 2.24) is 30.2 Å². The van der Waals surface area contributed by atoms with E-state index in [2.05, 4.69) is 75.2 Å². The molecule has 0 radical (unpaired) electrons. The lowest BCUT2D eigenvalue weighted by Crippen LogP contribution is -2.59. The van der Waals surface area contributed by atoms with E-state index in [9.17, 15) is 28.9 Å². The Morgan fingerprint density at radius 1 is 0.816 bits per heavy atom. The van der Waals surface area contributed by atoms with Crippen molar-refractivity contribution in [3.63, 3.8) is 0 Å². The number of hydrogen-bond donors (Lipinski definition) is 2. The van der Waals surface area contributed by atoms with Crippen LogP contribution in [0.3, 0.4) is 0 Å². The van der Waals surface area contributed by atoms with Gasteiger partial charge in [0.05, 0.1) is 85.1 Å². The second kappa shape index (κ2) is 24.5. The summed E-state index contributed by atoms with van der Waals surface area (Å²) in [5.41, 5.74) is 6.51. The molecule has 402 valence electrons. The van der Waals surface area contributed by atoms with Gasteiger partial charge < -0.3 is 30.0 Å². The lowest BCUT2D eigenvalue weighted by atomic mass is 9.56. The number of rotatable bonds is 8. The van der Waals surface area contributed by atoms with Gasteiger partial charge in [-0.2, -0.15) is 10.5 Å². The third-order valence-electron chi connectivity index (χ3n) is 16.1. The van der Waals surface area contributed by atoms with Crippen LogP contribution in [0.15, 0.2) is 66.2 Å². The van der Waals surface area contributed by atoms with Gasteiger partial charge in [-0.3, -0.25) is 9.69 Å². The second-order valence-electron chi connectivity index (χ2n) is 20.9. The van der Waals surface area contributed by atoms with E-state index in [0.717, 1.165) is 85.9 Å². The van der Waals surface area contributed by atoms with E-state index in [1.54, 1.807) is 39.3 Å². The van der Waals surface area contributed by atoms with Crippen molar-refractivity contribution < 1.29 is 37.3 Å². The second-order valence-corrected chi connectivity index (χ2v) is 21.4. The summed E-state index contributed by atoms with van der Waals surface area (Å²) in [7, 11) is 3.48. The topological polar surface area (TPSA) is 224 Å². The lowest BCUT2D eigenvalue weighted by molar-refractivity contribution is -0.161. The SMILES string of the molecule is C1CCOC1.CCOC(=O)[C@]1(N=C=S)c2cc(C#N)ccc2CC12C[C@@H](C)C(OC)[C@@H](C)C2.COC1[C@H](C)CC2(Cc3ccc(C#N)cc3[C@]23NC(=S)N(Cc2ncc(F)cn2)C3=O)C[C@@H]1C.NCc1ncc(F)cn1. The minimum atomic E-state index is -1.27. The summed E-state index contributed by atoms with van der Waals surface area (Å²) in [6, 6.07) is 15.5. The number of benzene rings is 2. The zero-order valence-electron chi connectivity index (χ0n) is 44.1. The quantitative estimate of drug-likeness (QED) is 0.0965. The lowest BCUT2D eigenvalue weighted by Gasteiger charge is -2.51. The fraction of sp³-hybridized carbons (Fsp3) is 0.536. The number of carbonyl (C=O) groups excluding carboxylic acids is 2. The molecule has 4 heterocycles. The average molecular weight is 1080 g/mol. The molecule has 2 aromatic heterocycles. The number of methoxy groups -OCH3 is 2. The smallest absolute Gasteiger partial charge is 0.340 e. The highest BCUT2D eigenvalue weighted by molar-refractivity contribution is 7.80. The van der Waals surface area contributed by atoms with Crippen molar-refractivity contribution in [3.05, 3.63) is 118 Å². The van der Waals surface area contributed by atoms with Crippen molar-refractivity contribution in [2.75, 3.05) is 34.0 Å². The summed E-state index contributed by atoms with van der Waals surface area (Å²) < 4.78 is 47.4. The van der Waals surface area contributed by atoms with Crippen LogP contribution in [0, 0.1) is 68.8 Å². The molecule has 2 saturated carbocycles. The van der Waals surface area contributed by atoms with Crippen LogP contribution in [0.5, 0.6) is 0 Å². The number of esters is 1. The van der Waals surface area contributed by atoms with Crippen molar-refractivity contribution in [2.24, 2.45) is 45.2 Å². The molecular formula is C56H66F2N10O6S2. The molecule has 2 aliphatic heterocycles. The van der Waals surface area contributed by atoms with Gasteiger partial charge in [-0.05, 0) is 153 Å². The standard InChI is InChI=1S/C25H26FN5O2S.C22H26N2O3S.C5H6FN3.C4H8O/c1-14-7-24(8-15(2)21(14)33-3)9-17-5-4-16(10-27)6-19(17)25(24)22(32)31(23(34)30-25)13-20-28-11-18(26)12-29-20;1-5-27-20(25)22(24-13-28)18-8-16(12-23)6-7-17(18)11-21(22)9-14(2)19(26-4)15(3)10-21;6-4-2-8-5(1-7)9-3-4;1-2-4-5-3-1/h4-6,11-12,14-15,21H,7-9,13H2,1-3H3,(H,30,34);6-8,14-15,19H,5,9-11H2,1-4H3;2-3H,1,7H2;1-4H2/t14-,15+,21?,24?,25-;14-,15+,19?,21?,22-;;/m11../s1. The van der Waals surface area contributed by atoms with Gasteiger partial charge in [-0.25, -0.2) is 38.5 Å². The highest BCUT2D eigenvalue weighted by Crippen LogP contribution is 2.64. The highest BCUT2D eigenvalue weighted by Gasteiger charge is 2.69. The Morgan fingerprint density at radius 2 is 1.29 bits per heavy atom. The molecule has 10 rings (SSSR count). The molecule has 4 fully saturated rings. The maximum Gasteiger partial charge on any atom is 0.340 e. The average Bonchev–Trinajstić information content (AvgIpc) is 4.31. The first-order chi connectivity index (χ1) is 36.5. The molecule has 3 N–H and O–H groups in total. The Kier molecular flexibility index (Phi) is 18.6. The Labute approximate surface area is 454 Å². The van der Waals surface area contributed by atoms with E-state index in [1.807, 2.05) is 18.2 Å². The van der Waals surface area contributed by atoms with Gasteiger partial charge in [0.15, 0.2) is 27.8 Å². The van der Waals surface area contributed by atoms with Gasteiger partial charge >= 0.3 is 5.97 Å². The summed E-state index contributed by atoms with van der Waals surface area (Å²) in [5, 5.41) is 25.2. The summed E-state index contributed by atoms with van der Waals surface area (Å²) >= 11 is 10.7. The Morgan fingerprint density at radius 3 is 1.74 bits per heavy atom. The first-order valence-electron chi connectivity index (χ1n) is 25.7. The molecule has 4 unspecified atom stereocenters. The molecule has 2 aromatic carbocycles. The molecule has 1 amide bonds. The fourth-order valence-corrected chi connectivity index (χ4v) is 14.0. The molecular weight excluding hydrogens is 1010 g/mol. The Hall–Kier alpha value is -6.09. The molecule has 6 aliphatic rings. The highest BCUT2D eigenvalue weighted by atomic mass is 32.1. The normalized spacial score (nSPS) is 29.5. The van der Waals surface area contributed by atoms with Gasteiger partial charge in [0.25, 0.3) is 5.91 Å². The Bertz CT molecular complexity index is 2860. The number of fused-ring (bicyclic) bond motifs is 4. The molecule has 0 bridgehead atoms. The van der Waals surface area contributed by atoms with Crippen LogP contribution < -0.4 is 11.1 Å². The van der Waals surface area contributed by atoms with Crippen LogP contribution in [0.1, 0.15) is 118 Å². The van der Waals surface area contributed by atoms with Crippen LogP contribution in [-0.2, 0) is 65.5 Å². The van der Waals surface area contributed by atoms with Gasteiger partial charge in [-0.15, -0.1) is 0 Å². The van der Waals surface area contributed by atoms with Crippen molar-refractivity contribution in [3.8, 4) is 12.1 Å². The minimum Gasteiger partial charge on any atom is -0.464 e.